The van der Waals surface area contributed by atoms with Crippen molar-refractivity contribution in [3.05, 3.63) is 41.2 Å². The molecule has 0 spiro atoms. The largest absolute Gasteiger partial charge is 0.486 e. The Bertz CT molecular complexity index is 331. The van der Waals surface area contributed by atoms with Crippen molar-refractivity contribution in [3.63, 3.8) is 0 Å². The predicted molar refractivity (Wildman–Crippen MR) is 62.4 cm³/mol. The van der Waals surface area contributed by atoms with Crippen LogP contribution < -0.4 is 10.5 Å². The Morgan fingerprint density at radius 1 is 1.53 bits per heavy atom. The molecule has 1 aromatic carbocycles. The molecule has 0 aromatic heterocycles. The van der Waals surface area contributed by atoms with Gasteiger partial charge in [0.1, 0.15) is 18.2 Å². The molecule has 0 atom stereocenters. The lowest BCUT2D eigenvalue weighted by Gasteiger charge is -2.04. The van der Waals surface area contributed by atoms with Gasteiger partial charge in [-0.25, -0.2) is 4.39 Å². The Morgan fingerprint density at radius 3 is 2.87 bits per heavy atom. The minimum Gasteiger partial charge on any atom is -0.486 e. The number of nitrogens with two attached hydrogens (primary N) is 1. The molecule has 84 valence electrons. The fraction of sp³-hybridized carbons (Fsp3) is 0.200. The third-order valence-electron chi connectivity index (χ3n) is 1.51. The lowest BCUT2D eigenvalue weighted by atomic mass is 10.3. The van der Waals surface area contributed by atoms with Crippen LogP contribution in [0, 0.1) is 0 Å². The van der Waals surface area contributed by atoms with E-state index in [1.165, 1.54) is 6.08 Å². The van der Waals surface area contributed by atoms with E-state index in [4.69, 9.17) is 22.1 Å². The molecule has 0 saturated heterocycles. The highest BCUT2D eigenvalue weighted by molar-refractivity contribution is 6.30. The monoisotopic (exact) mass is 251 g/mol. The van der Waals surface area contributed by atoms with Gasteiger partial charge in [0.15, 0.2) is 0 Å². The summed E-state index contributed by atoms with van der Waals surface area (Å²) in [5, 5.41) is 0.561. The van der Waals surface area contributed by atoms with Crippen LogP contribution in [-0.2, 0) is 0 Å². The second-order valence-electron chi connectivity index (χ2n) is 2.63. The number of ether oxygens (including phenoxy) is 1. The first-order valence-electron chi connectivity index (χ1n) is 4.15. The van der Waals surface area contributed by atoms with Crippen LogP contribution in [0.5, 0.6) is 5.75 Å². The maximum Gasteiger partial charge on any atom is 0.139 e. The van der Waals surface area contributed by atoms with Crippen molar-refractivity contribution in [2.75, 3.05) is 13.2 Å². The van der Waals surface area contributed by atoms with Gasteiger partial charge in [0, 0.05) is 11.6 Å². The summed E-state index contributed by atoms with van der Waals surface area (Å²) < 4.78 is 17.9. The molecule has 0 aliphatic rings. The van der Waals surface area contributed by atoms with E-state index in [1.807, 2.05) is 0 Å². The summed E-state index contributed by atoms with van der Waals surface area (Å²) in [5.41, 5.74) is 5.13. The lowest BCUT2D eigenvalue weighted by Crippen LogP contribution is -2.01. The maximum absolute atomic E-state index is 12.8. The minimum atomic E-state index is -0.382. The van der Waals surface area contributed by atoms with Gasteiger partial charge in [0.05, 0.1) is 0 Å². The maximum atomic E-state index is 12.8. The average molecular weight is 252 g/mol. The van der Waals surface area contributed by atoms with Crippen LogP contribution in [0.1, 0.15) is 0 Å². The molecule has 2 nitrogen and oxygen atoms in total. The van der Waals surface area contributed by atoms with Gasteiger partial charge in [-0.3, -0.25) is 0 Å². The molecule has 0 fully saturated rings. The van der Waals surface area contributed by atoms with Crippen molar-refractivity contribution >= 4 is 24.0 Å². The number of rotatable bonds is 4. The highest BCUT2D eigenvalue weighted by Gasteiger charge is 1.97. The van der Waals surface area contributed by atoms with Crippen molar-refractivity contribution in [2.45, 2.75) is 0 Å². The molecule has 0 aliphatic carbocycles. The highest BCUT2D eigenvalue weighted by atomic mass is 35.5. The second kappa shape index (κ2) is 7.51. The van der Waals surface area contributed by atoms with Gasteiger partial charge < -0.3 is 10.5 Å². The molecule has 0 bridgehead atoms. The standard InChI is InChI=1S/C10H11ClFNO.ClH/c11-8-2-1-3-10(6-8)14-7-9(12)4-5-13;/h1-4,6H,5,7,13H2;1H/b9-4+;. The van der Waals surface area contributed by atoms with Gasteiger partial charge in [-0.2, -0.15) is 0 Å². The highest BCUT2D eigenvalue weighted by Crippen LogP contribution is 2.17. The molecule has 2 N–H and O–H groups in total. The fourth-order valence-corrected chi connectivity index (χ4v) is 1.08. The topological polar surface area (TPSA) is 35.2 Å². The van der Waals surface area contributed by atoms with Crippen molar-refractivity contribution in [2.24, 2.45) is 5.73 Å². The molecule has 5 heteroatoms. The fourth-order valence-electron chi connectivity index (χ4n) is 0.896. The van der Waals surface area contributed by atoms with Gasteiger partial charge in [-0.1, -0.05) is 17.7 Å². The zero-order valence-corrected chi connectivity index (χ0v) is 9.52. The average Bonchev–Trinajstić information content (AvgIpc) is 2.15. The summed E-state index contributed by atoms with van der Waals surface area (Å²) in [5.74, 6) is 0.158. The van der Waals surface area contributed by atoms with Gasteiger partial charge >= 0.3 is 0 Å². The summed E-state index contributed by atoms with van der Waals surface area (Å²) in [6.07, 6.45) is 1.27. The normalized spacial score (nSPS) is 10.7. The summed E-state index contributed by atoms with van der Waals surface area (Å²) in [4.78, 5) is 0. The van der Waals surface area contributed by atoms with E-state index in [2.05, 4.69) is 0 Å². The third-order valence-corrected chi connectivity index (χ3v) is 1.75. The van der Waals surface area contributed by atoms with Crippen LogP contribution >= 0.6 is 24.0 Å². The second-order valence-corrected chi connectivity index (χ2v) is 3.07. The molecular weight excluding hydrogens is 240 g/mol. The lowest BCUT2D eigenvalue weighted by molar-refractivity contribution is 0.318. The number of hydrogen-bond acceptors (Lipinski definition) is 2. The van der Waals surface area contributed by atoms with Crippen LogP contribution in [0.2, 0.25) is 5.02 Å². The molecule has 0 amide bonds. The first-order valence-corrected chi connectivity index (χ1v) is 4.53. The van der Waals surface area contributed by atoms with E-state index in [1.54, 1.807) is 24.3 Å². The van der Waals surface area contributed by atoms with Crippen molar-refractivity contribution < 1.29 is 9.13 Å². The van der Waals surface area contributed by atoms with Crippen LogP contribution in [0.15, 0.2) is 36.2 Å². The zero-order chi connectivity index (χ0) is 10.4. The molecule has 0 aliphatic heterocycles. The van der Waals surface area contributed by atoms with Gasteiger partial charge in [0.2, 0.25) is 0 Å². The molecule has 0 heterocycles. The predicted octanol–water partition coefficient (Wildman–Crippen LogP) is 2.95. The Kier molecular flexibility index (Phi) is 7.13. The van der Waals surface area contributed by atoms with Crippen LogP contribution in [0.25, 0.3) is 0 Å². The molecule has 15 heavy (non-hydrogen) atoms. The van der Waals surface area contributed by atoms with Gasteiger partial charge in [-0.15, -0.1) is 12.4 Å². The Morgan fingerprint density at radius 2 is 2.27 bits per heavy atom. The van der Waals surface area contributed by atoms with Crippen LogP contribution in [0.3, 0.4) is 0 Å². The Balaban J connectivity index is 0.00000196. The van der Waals surface area contributed by atoms with E-state index in [0.29, 0.717) is 10.8 Å². The van der Waals surface area contributed by atoms with Crippen molar-refractivity contribution in [1.82, 2.24) is 0 Å². The molecule has 1 aromatic rings. The van der Waals surface area contributed by atoms with Gasteiger partial charge in [-0.05, 0) is 24.3 Å². The first kappa shape index (κ1) is 14.2. The van der Waals surface area contributed by atoms with E-state index < -0.39 is 0 Å². The van der Waals surface area contributed by atoms with Crippen LogP contribution in [-0.4, -0.2) is 13.2 Å². The Hall–Kier alpha value is -0.770. The first-order chi connectivity index (χ1) is 6.72. The molecule has 0 saturated carbocycles. The SMILES string of the molecule is Cl.NC/C=C(/F)COc1cccc(Cl)c1. The number of hydrogen-bond donors (Lipinski definition) is 1. The third kappa shape index (κ3) is 5.62. The summed E-state index contributed by atoms with van der Waals surface area (Å²) in [6, 6.07) is 6.79. The number of benzene rings is 1. The summed E-state index contributed by atoms with van der Waals surface area (Å²) >= 11 is 5.71. The Labute approximate surface area is 99.3 Å². The summed E-state index contributed by atoms with van der Waals surface area (Å²) in [6.45, 7) is 0.0578. The number of halogens is 3. The van der Waals surface area contributed by atoms with E-state index in [9.17, 15) is 4.39 Å². The quantitative estimate of drug-likeness (QED) is 0.894. The van der Waals surface area contributed by atoms with E-state index in [-0.39, 0.29) is 31.4 Å². The summed E-state index contributed by atoms with van der Waals surface area (Å²) in [7, 11) is 0. The minimum absolute atomic E-state index is 0. The molecule has 0 radical (unpaired) electrons. The van der Waals surface area contributed by atoms with Crippen LogP contribution in [0.4, 0.5) is 4.39 Å². The van der Waals surface area contributed by atoms with Crippen molar-refractivity contribution in [1.29, 1.82) is 0 Å². The van der Waals surface area contributed by atoms with Crippen molar-refractivity contribution in [3.8, 4) is 5.75 Å². The van der Waals surface area contributed by atoms with E-state index in [0.717, 1.165) is 0 Å². The zero-order valence-electron chi connectivity index (χ0n) is 7.95. The smallest absolute Gasteiger partial charge is 0.139 e. The molecule has 1 rings (SSSR count). The van der Waals surface area contributed by atoms with Gasteiger partial charge in [0.25, 0.3) is 0 Å². The molecule has 0 unspecified atom stereocenters. The molecular formula is C10H12Cl2FNO. The van der Waals surface area contributed by atoms with E-state index >= 15 is 0 Å².